The zero-order valence-corrected chi connectivity index (χ0v) is 14.1. The van der Waals surface area contributed by atoms with Gasteiger partial charge in [0.25, 0.3) is 0 Å². The molecule has 3 nitrogen and oxygen atoms in total. The zero-order chi connectivity index (χ0) is 17.9. The van der Waals surface area contributed by atoms with Crippen LogP contribution < -0.4 is 5.73 Å². The second-order valence-corrected chi connectivity index (χ2v) is 6.70. The summed E-state index contributed by atoms with van der Waals surface area (Å²) in [7, 11) is 0. The van der Waals surface area contributed by atoms with Gasteiger partial charge in [-0.3, -0.25) is 4.79 Å². The molecule has 0 aromatic heterocycles. The number of amides is 1. The minimum absolute atomic E-state index is 0.0173. The molecule has 0 aliphatic carbocycles. The van der Waals surface area contributed by atoms with E-state index in [0.29, 0.717) is 6.54 Å². The van der Waals surface area contributed by atoms with Gasteiger partial charge in [-0.05, 0) is 43.7 Å². The third kappa shape index (κ3) is 4.29. The van der Waals surface area contributed by atoms with E-state index in [-0.39, 0.29) is 30.0 Å². The Labute approximate surface area is 141 Å². The van der Waals surface area contributed by atoms with Crippen LogP contribution in [-0.4, -0.2) is 29.4 Å². The van der Waals surface area contributed by atoms with Crippen molar-refractivity contribution in [3.8, 4) is 0 Å². The minimum atomic E-state index is -4.41. The second kappa shape index (κ2) is 7.55. The highest BCUT2D eigenvalue weighted by molar-refractivity contribution is 5.77. The van der Waals surface area contributed by atoms with Crippen LogP contribution in [0.3, 0.4) is 0 Å². The summed E-state index contributed by atoms with van der Waals surface area (Å²) < 4.78 is 39.5. The van der Waals surface area contributed by atoms with Crippen molar-refractivity contribution in [2.24, 2.45) is 5.73 Å². The average molecular weight is 342 g/mol. The number of hydrogen-bond donors (Lipinski definition) is 1. The molecule has 3 unspecified atom stereocenters. The van der Waals surface area contributed by atoms with Gasteiger partial charge >= 0.3 is 6.18 Å². The largest absolute Gasteiger partial charge is 0.416 e. The summed E-state index contributed by atoms with van der Waals surface area (Å²) >= 11 is 0. The highest BCUT2D eigenvalue weighted by Crippen LogP contribution is 2.36. The smallest absolute Gasteiger partial charge is 0.338 e. The number of halogens is 3. The third-order valence-corrected chi connectivity index (χ3v) is 4.75. The van der Waals surface area contributed by atoms with Crippen molar-refractivity contribution >= 4 is 5.91 Å². The van der Waals surface area contributed by atoms with Crippen molar-refractivity contribution in [1.29, 1.82) is 0 Å². The molecule has 1 aliphatic heterocycles. The van der Waals surface area contributed by atoms with E-state index >= 15 is 0 Å². The molecule has 0 radical (unpaired) electrons. The zero-order valence-electron chi connectivity index (χ0n) is 14.1. The first-order valence-electron chi connectivity index (χ1n) is 8.43. The van der Waals surface area contributed by atoms with E-state index in [9.17, 15) is 18.0 Å². The van der Waals surface area contributed by atoms with Crippen LogP contribution in [0.25, 0.3) is 0 Å². The Balaban J connectivity index is 2.15. The van der Waals surface area contributed by atoms with Crippen molar-refractivity contribution in [3.05, 3.63) is 35.4 Å². The Morgan fingerprint density at radius 3 is 2.58 bits per heavy atom. The molecule has 1 aromatic rings. The van der Waals surface area contributed by atoms with Crippen molar-refractivity contribution in [2.45, 2.75) is 63.7 Å². The number of alkyl halides is 3. The lowest BCUT2D eigenvalue weighted by Gasteiger charge is -2.38. The van der Waals surface area contributed by atoms with E-state index in [1.807, 2.05) is 6.92 Å². The van der Waals surface area contributed by atoms with Gasteiger partial charge in [0.05, 0.1) is 5.56 Å². The highest BCUT2D eigenvalue weighted by Gasteiger charge is 2.35. The maximum absolute atomic E-state index is 13.2. The molecular formula is C18H25F3N2O. The molecule has 2 N–H and O–H groups in total. The van der Waals surface area contributed by atoms with Crippen LogP contribution in [0, 0.1) is 0 Å². The summed E-state index contributed by atoms with van der Waals surface area (Å²) in [5, 5.41) is 0. The molecule has 1 aliphatic rings. The van der Waals surface area contributed by atoms with E-state index < -0.39 is 17.7 Å². The number of nitrogens with two attached hydrogens (primary N) is 1. The standard InChI is InChI=1S/C18H25F3N2O/c1-12(14-7-3-4-8-15(14)18(19,20)21)11-17(24)23-10-6-5-9-16(23)13(2)22/h3-4,7-8,12-13,16H,5-6,9-11,22H2,1-2H3. The molecule has 134 valence electrons. The molecule has 24 heavy (non-hydrogen) atoms. The van der Waals surface area contributed by atoms with Gasteiger partial charge < -0.3 is 10.6 Å². The molecule has 0 saturated carbocycles. The molecule has 0 spiro atoms. The Bertz CT molecular complexity index is 572. The van der Waals surface area contributed by atoms with Gasteiger partial charge in [-0.2, -0.15) is 13.2 Å². The highest BCUT2D eigenvalue weighted by atomic mass is 19.4. The Morgan fingerprint density at radius 1 is 1.29 bits per heavy atom. The normalized spacial score (nSPS) is 21.4. The first kappa shape index (κ1) is 18.8. The van der Waals surface area contributed by atoms with Gasteiger partial charge in [-0.15, -0.1) is 0 Å². The van der Waals surface area contributed by atoms with Gasteiger partial charge in [0.15, 0.2) is 0 Å². The molecule has 1 saturated heterocycles. The molecular weight excluding hydrogens is 317 g/mol. The molecule has 3 atom stereocenters. The average Bonchev–Trinajstić information content (AvgIpc) is 2.53. The summed E-state index contributed by atoms with van der Waals surface area (Å²) in [4.78, 5) is 14.4. The first-order valence-corrected chi connectivity index (χ1v) is 8.43. The van der Waals surface area contributed by atoms with Crippen LogP contribution in [0.15, 0.2) is 24.3 Å². The van der Waals surface area contributed by atoms with Crippen molar-refractivity contribution in [1.82, 2.24) is 4.90 Å². The molecule has 1 amide bonds. The quantitative estimate of drug-likeness (QED) is 0.901. The number of rotatable bonds is 4. The maximum atomic E-state index is 13.2. The molecule has 1 fully saturated rings. The predicted molar refractivity (Wildman–Crippen MR) is 87.5 cm³/mol. The predicted octanol–water partition coefficient (Wildman–Crippen LogP) is 3.93. The molecule has 0 bridgehead atoms. The fourth-order valence-electron chi connectivity index (χ4n) is 3.49. The summed E-state index contributed by atoms with van der Waals surface area (Å²) in [5.74, 6) is -0.604. The lowest BCUT2D eigenvalue weighted by Crippen LogP contribution is -2.51. The SMILES string of the molecule is CC(CC(=O)N1CCCCC1C(C)N)c1ccccc1C(F)(F)F. The lowest BCUT2D eigenvalue weighted by molar-refractivity contribution is -0.139. The van der Waals surface area contributed by atoms with E-state index in [1.165, 1.54) is 12.1 Å². The molecule has 2 rings (SSSR count). The van der Waals surface area contributed by atoms with E-state index in [4.69, 9.17) is 5.73 Å². The number of benzene rings is 1. The third-order valence-electron chi connectivity index (χ3n) is 4.75. The number of hydrogen-bond acceptors (Lipinski definition) is 2. The molecule has 1 heterocycles. The minimum Gasteiger partial charge on any atom is -0.338 e. The summed E-state index contributed by atoms with van der Waals surface area (Å²) in [5.41, 5.74) is 5.49. The number of carbonyl (C=O) groups is 1. The Kier molecular flexibility index (Phi) is 5.91. The number of nitrogens with zero attached hydrogens (tertiary/aromatic N) is 1. The lowest BCUT2D eigenvalue weighted by atomic mass is 9.90. The van der Waals surface area contributed by atoms with E-state index in [1.54, 1.807) is 17.9 Å². The monoisotopic (exact) mass is 342 g/mol. The fourth-order valence-corrected chi connectivity index (χ4v) is 3.49. The first-order chi connectivity index (χ1) is 11.2. The van der Waals surface area contributed by atoms with Gasteiger partial charge in [0, 0.05) is 25.0 Å². The van der Waals surface area contributed by atoms with Crippen LogP contribution in [-0.2, 0) is 11.0 Å². The fraction of sp³-hybridized carbons (Fsp3) is 0.611. The van der Waals surface area contributed by atoms with Crippen LogP contribution in [0.1, 0.15) is 56.6 Å². The van der Waals surface area contributed by atoms with Crippen LogP contribution >= 0.6 is 0 Å². The van der Waals surface area contributed by atoms with Gasteiger partial charge in [-0.25, -0.2) is 0 Å². The summed E-state index contributed by atoms with van der Waals surface area (Å²) in [6.45, 7) is 4.19. The maximum Gasteiger partial charge on any atom is 0.416 e. The van der Waals surface area contributed by atoms with Crippen molar-refractivity contribution in [2.75, 3.05) is 6.54 Å². The number of piperidine rings is 1. The van der Waals surface area contributed by atoms with Gasteiger partial charge in [0.2, 0.25) is 5.91 Å². The molecule has 6 heteroatoms. The Hall–Kier alpha value is -1.56. The second-order valence-electron chi connectivity index (χ2n) is 6.70. The van der Waals surface area contributed by atoms with Gasteiger partial charge in [-0.1, -0.05) is 25.1 Å². The number of carbonyl (C=O) groups excluding carboxylic acids is 1. The van der Waals surface area contributed by atoms with Crippen molar-refractivity contribution in [3.63, 3.8) is 0 Å². The van der Waals surface area contributed by atoms with Crippen LogP contribution in [0.2, 0.25) is 0 Å². The van der Waals surface area contributed by atoms with Crippen molar-refractivity contribution < 1.29 is 18.0 Å². The van der Waals surface area contributed by atoms with Crippen LogP contribution in [0.5, 0.6) is 0 Å². The Morgan fingerprint density at radius 2 is 1.96 bits per heavy atom. The summed E-state index contributed by atoms with van der Waals surface area (Å²) in [6, 6.07) is 5.33. The topological polar surface area (TPSA) is 46.3 Å². The number of likely N-dealkylation sites (tertiary alicyclic amines) is 1. The summed E-state index contributed by atoms with van der Waals surface area (Å²) in [6.07, 6.45) is -1.54. The van der Waals surface area contributed by atoms with Crippen LogP contribution in [0.4, 0.5) is 13.2 Å². The molecule has 1 aromatic carbocycles. The van der Waals surface area contributed by atoms with E-state index in [0.717, 1.165) is 25.3 Å². The van der Waals surface area contributed by atoms with Gasteiger partial charge in [0.1, 0.15) is 0 Å². The van der Waals surface area contributed by atoms with E-state index in [2.05, 4.69) is 0 Å².